The lowest BCUT2D eigenvalue weighted by molar-refractivity contribution is 0.0981. The summed E-state index contributed by atoms with van der Waals surface area (Å²) in [5.74, 6) is 4.23. The zero-order valence-corrected chi connectivity index (χ0v) is 31.2. The molecule has 0 aliphatic carbocycles. The molecule has 2 N–H and O–H groups in total. The molecule has 2 aromatic carbocycles. The van der Waals surface area contributed by atoms with Crippen molar-refractivity contribution in [1.82, 2.24) is 29.7 Å². The summed E-state index contributed by atoms with van der Waals surface area (Å²) < 4.78 is 20.0. The van der Waals surface area contributed by atoms with Gasteiger partial charge in [-0.1, -0.05) is 6.07 Å². The highest BCUT2D eigenvalue weighted by atomic mass is 79.9. The third-order valence-electron chi connectivity index (χ3n) is 9.30. The lowest BCUT2D eigenvalue weighted by Gasteiger charge is -2.42. The van der Waals surface area contributed by atoms with Gasteiger partial charge < -0.3 is 29.7 Å². The monoisotopic (exact) mass is 743 g/mol. The SMILES string of the molecule is C#Cc1cnc(-c2ccc(Nc3nc(Nc4cc(OC)c(N5CCC(N6CCN(C)CC6)CC5)cc4C)ncc3Br)c(P(C)(C)=O)c2)cn1. The van der Waals surface area contributed by atoms with E-state index in [9.17, 15) is 4.57 Å². The number of aromatic nitrogens is 4. The minimum absolute atomic E-state index is 0.412. The van der Waals surface area contributed by atoms with Crippen LogP contribution >= 0.6 is 23.1 Å². The normalized spacial score (nSPS) is 16.3. The Morgan fingerprint density at radius 1 is 0.959 bits per heavy atom. The molecule has 0 spiro atoms. The van der Waals surface area contributed by atoms with Crippen LogP contribution in [0.15, 0.2) is 53.4 Å². The van der Waals surface area contributed by atoms with Crippen LogP contribution in [0.3, 0.4) is 0 Å². The van der Waals surface area contributed by atoms with Crippen LogP contribution in [-0.2, 0) is 4.57 Å². The number of terminal acetylenes is 1. The van der Waals surface area contributed by atoms with Crippen molar-refractivity contribution in [2.24, 2.45) is 0 Å². The maximum absolute atomic E-state index is 13.5. The van der Waals surface area contributed by atoms with E-state index in [4.69, 9.17) is 16.1 Å². The van der Waals surface area contributed by atoms with E-state index in [0.717, 1.165) is 80.4 Å². The van der Waals surface area contributed by atoms with Crippen LogP contribution in [0, 0.1) is 19.3 Å². The highest BCUT2D eigenvalue weighted by Crippen LogP contribution is 2.41. The standard InChI is InChI=1S/C36H43BrN9O2P/c1-7-26-21-39-31(23-38-26)25-8-9-29(34(19-25)49(5,6)47)41-35-28(37)22-40-36(43-35)42-30-20-33(48-4)32(18-24(30)2)46-12-10-27(11-13-46)45-16-14-44(3)15-17-45/h1,8-9,18-23,27H,10-17H2,2-6H3,(H2,40,41,42,43). The number of rotatable bonds is 9. The molecule has 11 nitrogen and oxygen atoms in total. The van der Waals surface area contributed by atoms with Gasteiger partial charge in [0, 0.05) is 74.1 Å². The fraction of sp³-hybridized carbons (Fsp3) is 0.389. The maximum atomic E-state index is 13.5. The van der Waals surface area contributed by atoms with Gasteiger partial charge in [-0.2, -0.15) is 4.98 Å². The molecule has 4 heterocycles. The second kappa shape index (κ2) is 14.9. The molecule has 6 rings (SSSR count). The Morgan fingerprint density at radius 3 is 2.37 bits per heavy atom. The van der Waals surface area contributed by atoms with E-state index in [2.05, 4.69) is 82.2 Å². The number of aryl methyl sites for hydroxylation is 1. The first-order valence-electron chi connectivity index (χ1n) is 16.4. The maximum Gasteiger partial charge on any atom is 0.229 e. The number of anilines is 5. The van der Waals surface area contributed by atoms with E-state index in [1.165, 1.54) is 0 Å². The summed E-state index contributed by atoms with van der Waals surface area (Å²) in [5, 5.41) is 7.44. The third-order valence-corrected chi connectivity index (χ3v) is 11.4. The lowest BCUT2D eigenvalue weighted by atomic mass is 10.0. The molecule has 2 aliphatic heterocycles. The topological polar surface area (TPSA) is 112 Å². The van der Waals surface area contributed by atoms with Gasteiger partial charge in [0.2, 0.25) is 5.95 Å². The van der Waals surface area contributed by atoms with Crippen molar-refractivity contribution in [1.29, 1.82) is 0 Å². The van der Waals surface area contributed by atoms with Crippen LogP contribution in [-0.4, -0.2) is 103 Å². The summed E-state index contributed by atoms with van der Waals surface area (Å²) in [6.07, 6.45) is 12.6. The highest BCUT2D eigenvalue weighted by molar-refractivity contribution is 9.10. The summed E-state index contributed by atoms with van der Waals surface area (Å²) in [6.45, 7) is 12.2. The minimum Gasteiger partial charge on any atom is -0.495 e. The molecule has 13 heteroatoms. The van der Waals surface area contributed by atoms with Crippen molar-refractivity contribution in [3.63, 3.8) is 0 Å². The molecule has 2 aliphatic rings. The highest BCUT2D eigenvalue weighted by Gasteiger charge is 2.28. The molecule has 0 amide bonds. The Labute approximate surface area is 297 Å². The number of hydrogen-bond acceptors (Lipinski definition) is 11. The first-order chi connectivity index (χ1) is 23.5. The van der Waals surface area contributed by atoms with Crippen molar-refractivity contribution < 1.29 is 9.30 Å². The number of methoxy groups -OCH3 is 1. The Balaban J connectivity index is 1.19. The molecule has 2 saturated heterocycles. The summed E-state index contributed by atoms with van der Waals surface area (Å²) in [7, 11) is 1.20. The predicted octanol–water partition coefficient (Wildman–Crippen LogP) is 5.95. The van der Waals surface area contributed by atoms with Crippen LogP contribution in [0.5, 0.6) is 5.75 Å². The summed E-state index contributed by atoms with van der Waals surface area (Å²) in [6, 6.07) is 10.5. The average Bonchev–Trinajstić information content (AvgIpc) is 3.10. The molecule has 2 aromatic heterocycles. The molecular weight excluding hydrogens is 701 g/mol. The zero-order chi connectivity index (χ0) is 34.7. The van der Waals surface area contributed by atoms with Gasteiger partial charge in [-0.3, -0.25) is 9.88 Å². The van der Waals surface area contributed by atoms with E-state index in [1.54, 1.807) is 39.0 Å². The number of halogens is 1. The van der Waals surface area contributed by atoms with Gasteiger partial charge in [-0.05, 0) is 85.8 Å². The fourth-order valence-electron chi connectivity index (χ4n) is 6.43. The van der Waals surface area contributed by atoms with E-state index >= 15 is 0 Å². The molecule has 49 heavy (non-hydrogen) atoms. The van der Waals surface area contributed by atoms with Gasteiger partial charge in [0.05, 0.1) is 41.0 Å². The van der Waals surface area contributed by atoms with Crippen LogP contribution in [0.2, 0.25) is 0 Å². The van der Waals surface area contributed by atoms with E-state index in [-0.39, 0.29) is 0 Å². The summed E-state index contributed by atoms with van der Waals surface area (Å²) >= 11 is 3.59. The summed E-state index contributed by atoms with van der Waals surface area (Å²) in [5.41, 5.74) is 5.59. The van der Waals surface area contributed by atoms with Crippen LogP contribution in [0.25, 0.3) is 11.3 Å². The smallest absolute Gasteiger partial charge is 0.229 e. The number of ether oxygens (including phenoxy) is 1. The third kappa shape index (κ3) is 8.08. The Hall–Kier alpha value is -4.01. The Kier molecular flexibility index (Phi) is 10.6. The molecule has 0 bridgehead atoms. The first kappa shape index (κ1) is 34.8. The Bertz CT molecular complexity index is 1890. The quantitative estimate of drug-likeness (QED) is 0.157. The fourth-order valence-corrected chi connectivity index (χ4v) is 7.88. The number of piperazine rings is 1. The van der Waals surface area contributed by atoms with Crippen molar-refractivity contribution in [2.75, 3.05) is 82.3 Å². The van der Waals surface area contributed by atoms with Crippen molar-refractivity contribution in [3.05, 3.63) is 64.7 Å². The Morgan fingerprint density at radius 2 is 1.71 bits per heavy atom. The lowest BCUT2D eigenvalue weighted by Crippen LogP contribution is -2.52. The van der Waals surface area contributed by atoms with Gasteiger partial charge in [0.15, 0.2) is 0 Å². The van der Waals surface area contributed by atoms with Crippen molar-refractivity contribution in [2.45, 2.75) is 25.8 Å². The van der Waals surface area contributed by atoms with Gasteiger partial charge in [0.1, 0.15) is 24.4 Å². The number of benzene rings is 2. The molecular formula is C36H43BrN9O2P. The van der Waals surface area contributed by atoms with Crippen molar-refractivity contribution in [3.8, 4) is 29.4 Å². The minimum atomic E-state index is -2.72. The molecule has 2 fully saturated rings. The molecule has 0 unspecified atom stereocenters. The second-order valence-electron chi connectivity index (χ2n) is 13.1. The summed E-state index contributed by atoms with van der Waals surface area (Å²) in [4.78, 5) is 25.5. The van der Waals surface area contributed by atoms with E-state index in [0.29, 0.717) is 44.7 Å². The van der Waals surface area contributed by atoms with E-state index in [1.807, 2.05) is 24.3 Å². The van der Waals surface area contributed by atoms with Gasteiger partial charge in [0.25, 0.3) is 0 Å². The van der Waals surface area contributed by atoms with Gasteiger partial charge >= 0.3 is 0 Å². The van der Waals surface area contributed by atoms with Crippen LogP contribution < -0.4 is 25.6 Å². The molecule has 4 aromatic rings. The van der Waals surface area contributed by atoms with Crippen LogP contribution in [0.1, 0.15) is 24.1 Å². The van der Waals surface area contributed by atoms with Crippen LogP contribution in [0.4, 0.5) is 28.8 Å². The molecule has 0 atom stereocenters. The number of likely N-dealkylation sites (N-methyl/N-ethyl adjacent to an activating group) is 1. The number of nitrogens with zero attached hydrogens (tertiary/aromatic N) is 7. The van der Waals surface area contributed by atoms with Gasteiger partial charge in [-0.15, -0.1) is 6.42 Å². The zero-order valence-electron chi connectivity index (χ0n) is 28.7. The molecule has 0 saturated carbocycles. The average molecular weight is 745 g/mol. The number of piperidine rings is 1. The predicted molar refractivity (Wildman–Crippen MR) is 203 cm³/mol. The molecule has 0 radical (unpaired) electrons. The second-order valence-corrected chi connectivity index (χ2v) is 17.1. The van der Waals surface area contributed by atoms with E-state index < -0.39 is 7.14 Å². The number of nitrogens with one attached hydrogen (secondary N) is 2. The van der Waals surface area contributed by atoms with Gasteiger partial charge in [-0.25, -0.2) is 9.97 Å². The van der Waals surface area contributed by atoms with Crippen molar-refractivity contribution >= 4 is 57.2 Å². The largest absolute Gasteiger partial charge is 0.495 e. The molecule has 256 valence electrons. The first-order valence-corrected chi connectivity index (χ1v) is 19.8. The number of hydrogen-bond donors (Lipinski definition) is 2.